The summed E-state index contributed by atoms with van der Waals surface area (Å²) in [6.07, 6.45) is 0. The van der Waals surface area contributed by atoms with Crippen LogP contribution in [0.1, 0.15) is 41.4 Å². The molecular formula is C20H11N5O9. The monoisotopic (exact) mass is 465 g/mol. The predicted octanol–water partition coefficient (Wildman–Crippen LogP) is 2.92. The van der Waals surface area contributed by atoms with Crippen LogP contribution in [0.25, 0.3) is 10.5 Å². The topological polar surface area (TPSA) is 216 Å². The van der Waals surface area contributed by atoms with Gasteiger partial charge in [-0.2, -0.15) is 14.9 Å². The van der Waals surface area contributed by atoms with Crippen LogP contribution in [0.15, 0.2) is 51.4 Å². The minimum atomic E-state index is -1.53. The molecule has 2 aromatic carbocycles. The number of carboxylic acid groups (broad SMARTS) is 4. The van der Waals surface area contributed by atoms with E-state index in [1.165, 1.54) is 0 Å². The molecule has 0 aliphatic rings. The minimum absolute atomic E-state index is 0.133. The number of aromatic nitrogens is 2. The van der Waals surface area contributed by atoms with Crippen LogP contribution in [0, 0.1) is 6.57 Å². The Hall–Kier alpha value is -5.58. The van der Waals surface area contributed by atoms with Crippen LogP contribution in [-0.4, -0.2) is 54.1 Å². The SMILES string of the molecule is [C-]#[N+]c1[nH]n(-c2cc(C(=O)O)cc(C(=O)O)c2)c(=O)c1N=Nc1ccc(C(=O)O)c(C(=O)O)c1. The average molecular weight is 465 g/mol. The first-order valence-electron chi connectivity index (χ1n) is 8.90. The van der Waals surface area contributed by atoms with Crippen molar-refractivity contribution in [2.24, 2.45) is 10.2 Å². The normalized spacial score (nSPS) is 10.7. The molecule has 0 fully saturated rings. The highest BCUT2D eigenvalue weighted by Crippen LogP contribution is 2.27. The summed E-state index contributed by atoms with van der Waals surface area (Å²) in [6, 6.07) is 5.93. The fourth-order valence-corrected chi connectivity index (χ4v) is 2.82. The van der Waals surface area contributed by atoms with Crippen molar-refractivity contribution < 1.29 is 39.6 Å². The van der Waals surface area contributed by atoms with Gasteiger partial charge < -0.3 is 25.3 Å². The van der Waals surface area contributed by atoms with E-state index in [2.05, 4.69) is 20.2 Å². The third kappa shape index (κ3) is 4.38. The molecule has 170 valence electrons. The van der Waals surface area contributed by atoms with Crippen molar-refractivity contribution in [2.75, 3.05) is 0 Å². The summed E-state index contributed by atoms with van der Waals surface area (Å²) in [5.74, 6) is -6.34. The summed E-state index contributed by atoms with van der Waals surface area (Å²) in [7, 11) is 0. The summed E-state index contributed by atoms with van der Waals surface area (Å²) in [4.78, 5) is 61.0. The Balaban J connectivity index is 2.12. The summed E-state index contributed by atoms with van der Waals surface area (Å²) in [5, 5.41) is 46.4. The molecule has 0 amide bonds. The zero-order valence-corrected chi connectivity index (χ0v) is 16.6. The van der Waals surface area contributed by atoms with Crippen LogP contribution in [0.4, 0.5) is 17.2 Å². The quantitative estimate of drug-likeness (QED) is 0.255. The molecule has 3 aromatic rings. The van der Waals surface area contributed by atoms with Crippen LogP contribution in [0.2, 0.25) is 0 Å². The molecule has 0 spiro atoms. The van der Waals surface area contributed by atoms with Gasteiger partial charge in [0, 0.05) is 0 Å². The molecule has 14 heteroatoms. The van der Waals surface area contributed by atoms with Gasteiger partial charge in [-0.05, 0) is 36.4 Å². The Kier molecular flexibility index (Phi) is 6.03. The number of nitrogens with one attached hydrogen (secondary N) is 1. The molecule has 5 N–H and O–H groups in total. The fraction of sp³-hybridized carbons (Fsp3) is 0. The third-order valence-electron chi connectivity index (χ3n) is 4.36. The number of hydrogen-bond donors (Lipinski definition) is 5. The first-order chi connectivity index (χ1) is 16.0. The van der Waals surface area contributed by atoms with Crippen molar-refractivity contribution in [3.8, 4) is 5.69 Å². The lowest BCUT2D eigenvalue weighted by molar-refractivity contribution is 0.0651. The molecule has 0 aliphatic carbocycles. The van der Waals surface area contributed by atoms with E-state index >= 15 is 0 Å². The Labute approximate surface area is 187 Å². The maximum Gasteiger partial charge on any atom is 0.336 e. The van der Waals surface area contributed by atoms with Gasteiger partial charge >= 0.3 is 29.4 Å². The van der Waals surface area contributed by atoms with Gasteiger partial charge in [-0.3, -0.25) is 4.79 Å². The molecule has 1 aromatic heterocycles. The molecule has 1 heterocycles. The van der Waals surface area contributed by atoms with Crippen LogP contribution >= 0.6 is 0 Å². The maximum atomic E-state index is 12.8. The number of rotatable bonds is 7. The number of aromatic amines is 1. The van der Waals surface area contributed by atoms with Crippen molar-refractivity contribution >= 4 is 41.1 Å². The molecule has 34 heavy (non-hydrogen) atoms. The van der Waals surface area contributed by atoms with Crippen molar-refractivity contribution in [1.29, 1.82) is 0 Å². The average Bonchev–Trinajstić information content (AvgIpc) is 3.12. The molecule has 0 saturated carbocycles. The van der Waals surface area contributed by atoms with E-state index in [1.807, 2.05) is 0 Å². The Morgan fingerprint density at radius 2 is 1.41 bits per heavy atom. The summed E-state index contributed by atoms with van der Waals surface area (Å²) in [5.41, 5.74) is -3.77. The third-order valence-corrected chi connectivity index (χ3v) is 4.36. The van der Waals surface area contributed by atoms with Crippen LogP contribution in [-0.2, 0) is 0 Å². The molecule has 14 nitrogen and oxygen atoms in total. The van der Waals surface area contributed by atoms with E-state index in [1.54, 1.807) is 0 Å². The lowest BCUT2D eigenvalue weighted by Crippen LogP contribution is -2.16. The molecule has 0 unspecified atom stereocenters. The van der Waals surface area contributed by atoms with Crippen LogP contribution < -0.4 is 5.56 Å². The second-order valence-electron chi connectivity index (χ2n) is 6.48. The highest BCUT2D eigenvalue weighted by molar-refractivity contribution is 6.02. The van der Waals surface area contributed by atoms with E-state index in [0.29, 0.717) is 4.68 Å². The number of H-pyrrole nitrogens is 1. The Morgan fingerprint density at radius 1 is 0.824 bits per heavy atom. The van der Waals surface area contributed by atoms with Crippen molar-refractivity contribution in [3.05, 3.63) is 80.4 Å². The van der Waals surface area contributed by atoms with Crippen molar-refractivity contribution in [1.82, 2.24) is 9.78 Å². The molecular weight excluding hydrogens is 454 g/mol. The fourth-order valence-electron chi connectivity index (χ4n) is 2.82. The predicted molar refractivity (Wildman–Crippen MR) is 111 cm³/mol. The number of carbonyl (C=O) groups is 4. The van der Waals surface area contributed by atoms with E-state index < -0.39 is 63.2 Å². The summed E-state index contributed by atoms with van der Waals surface area (Å²) < 4.78 is 0.705. The molecule has 0 bridgehead atoms. The number of benzene rings is 2. The molecule has 0 atom stereocenters. The van der Waals surface area contributed by atoms with E-state index in [9.17, 15) is 39.3 Å². The standard InChI is InChI=1S/C20H11N5O9/c1-21-15-14(23-22-10-2-3-12(19(31)32)13(7-10)20(33)34)16(26)25(24-15)11-5-8(17(27)28)4-9(6-11)18(29)30/h2-7,24H,(H,27,28)(H,29,30)(H,31,32)(H,33,34). The van der Waals surface area contributed by atoms with Crippen LogP contribution in [0.5, 0.6) is 0 Å². The van der Waals surface area contributed by atoms with E-state index in [0.717, 1.165) is 36.4 Å². The molecule has 0 radical (unpaired) electrons. The molecule has 0 aliphatic heterocycles. The van der Waals surface area contributed by atoms with E-state index in [-0.39, 0.29) is 11.4 Å². The number of aromatic carboxylic acids is 4. The minimum Gasteiger partial charge on any atom is -0.478 e. The van der Waals surface area contributed by atoms with Gasteiger partial charge in [-0.15, -0.1) is 0 Å². The summed E-state index contributed by atoms with van der Waals surface area (Å²) >= 11 is 0. The molecule has 3 rings (SSSR count). The van der Waals surface area contributed by atoms with Gasteiger partial charge in [-0.25, -0.2) is 24.3 Å². The lowest BCUT2D eigenvalue weighted by Gasteiger charge is -2.04. The van der Waals surface area contributed by atoms with Gasteiger partial charge in [0.15, 0.2) is 5.69 Å². The van der Waals surface area contributed by atoms with Crippen molar-refractivity contribution in [3.63, 3.8) is 0 Å². The number of nitrogens with zero attached hydrogens (tertiary/aromatic N) is 4. The zero-order chi connectivity index (χ0) is 25.2. The van der Waals surface area contributed by atoms with E-state index in [4.69, 9.17) is 11.7 Å². The molecule has 0 saturated heterocycles. The first-order valence-corrected chi connectivity index (χ1v) is 8.90. The first kappa shape index (κ1) is 23.1. The smallest absolute Gasteiger partial charge is 0.336 e. The second kappa shape index (κ2) is 8.88. The lowest BCUT2D eigenvalue weighted by atomic mass is 10.1. The highest BCUT2D eigenvalue weighted by atomic mass is 16.4. The second-order valence-corrected chi connectivity index (χ2v) is 6.48. The number of azo groups is 1. The Morgan fingerprint density at radius 3 is 1.91 bits per heavy atom. The van der Waals surface area contributed by atoms with Gasteiger partial charge in [-0.1, -0.05) is 6.57 Å². The zero-order valence-electron chi connectivity index (χ0n) is 16.6. The highest BCUT2D eigenvalue weighted by Gasteiger charge is 2.20. The Bertz CT molecular complexity index is 1480. The number of hydrogen-bond acceptors (Lipinski definition) is 7. The van der Waals surface area contributed by atoms with Gasteiger partial charge in [0.05, 0.1) is 33.6 Å². The largest absolute Gasteiger partial charge is 0.478 e. The van der Waals surface area contributed by atoms with Gasteiger partial charge in [0.2, 0.25) is 0 Å². The summed E-state index contributed by atoms with van der Waals surface area (Å²) in [6.45, 7) is 7.24. The van der Waals surface area contributed by atoms with Gasteiger partial charge in [0.1, 0.15) is 0 Å². The van der Waals surface area contributed by atoms with Crippen LogP contribution in [0.3, 0.4) is 0 Å². The van der Waals surface area contributed by atoms with Crippen molar-refractivity contribution in [2.45, 2.75) is 0 Å². The maximum absolute atomic E-state index is 12.8. The number of carboxylic acids is 4. The van der Waals surface area contributed by atoms with Gasteiger partial charge in [0.25, 0.3) is 5.82 Å².